The number of nitrogens with zero attached hydrogens (tertiary/aromatic N) is 1. The zero-order valence-electron chi connectivity index (χ0n) is 17.4. The van der Waals surface area contributed by atoms with Crippen LogP contribution in [0.5, 0.6) is 0 Å². The van der Waals surface area contributed by atoms with Gasteiger partial charge in [-0.2, -0.15) is 0 Å². The minimum absolute atomic E-state index is 0.0506. The minimum Gasteiger partial charge on any atom is -0.478 e. The average molecular weight is 464 g/mol. The second-order valence-electron chi connectivity index (χ2n) is 7.53. The predicted octanol–water partition coefficient (Wildman–Crippen LogP) is 2.70. The number of benzene rings is 3. The molecule has 1 heterocycles. The number of carboxylic acid groups (broad SMARTS) is 1. The largest absolute Gasteiger partial charge is 0.478 e. The van der Waals surface area contributed by atoms with E-state index in [1.54, 1.807) is 48.5 Å². The Bertz CT molecular complexity index is 1310. The van der Waals surface area contributed by atoms with Gasteiger partial charge in [0.2, 0.25) is 10.0 Å². The molecule has 0 saturated heterocycles. The summed E-state index contributed by atoms with van der Waals surface area (Å²) < 4.78 is 27.6. The van der Waals surface area contributed by atoms with E-state index in [9.17, 15) is 22.8 Å². The number of fused-ring (bicyclic) bond motifs is 1. The van der Waals surface area contributed by atoms with Gasteiger partial charge in [-0.25, -0.2) is 17.9 Å². The molecule has 0 saturated carbocycles. The molecule has 8 nitrogen and oxygen atoms in total. The third-order valence-electron chi connectivity index (χ3n) is 5.38. The lowest BCUT2D eigenvalue weighted by Crippen LogP contribution is -2.31. The lowest BCUT2D eigenvalue weighted by Gasteiger charge is -2.14. The van der Waals surface area contributed by atoms with Crippen LogP contribution >= 0.6 is 0 Å². The molecule has 1 aliphatic heterocycles. The van der Waals surface area contributed by atoms with Gasteiger partial charge in [0.1, 0.15) is 0 Å². The van der Waals surface area contributed by atoms with E-state index >= 15 is 0 Å². The Labute approximate surface area is 190 Å². The summed E-state index contributed by atoms with van der Waals surface area (Å²) >= 11 is 0. The molecule has 33 heavy (non-hydrogen) atoms. The first-order valence-corrected chi connectivity index (χ1v) is 11.6. The first-order chi connectivity index (χ1) is 15.8. The van der Waals surface area contributed by atoms with E-state index in [4.69, 9.17) is 5.11 Å². The lowest BCUT2D eigenvalue weighted by molar-refractivity contribution is 0.0652. The Balaban J connectivity index is 1.38. The fraction of sp³-hybridized carbons (Fsp3) is 0.125. The van der Waals surface area contributed by atoms with Crippen LogP contribution in [-0.4, -0.2) is 42.8 Å². The molecule has 2 amide bonds. The van der Waals surface area contributed by atoms with Crippen LogP contribution < -0.4 is 4.72 Å². The lowest BCUT2D eigenvalue weighted by atomic mass is 10.1. The Morgan fingerprint density at radius 2 is 1.48 bits per heavy atom. The topological polar surface area (TPSA) is 121 Å². The average Bonchev–Trinajstić information content (AvgIpc) is 3.06. The quantitative estimate of drug-likeness (QED) is 0.495. The third kappa shape index (κ3) is 4.69. The van der Waals surface area contributed by atoms with Crippen molar-refractivity contribution in [2.75, 3.05) is 6.54 Å². The normalized spacial score (nSPS) is 13.3. The molecular weight excluding hydrogens is 444 g/mol. The molecule has 0 bridgehead atoms. The van der Waals surface area contributed by atoms with Crippen LogP contribution in [0, 0.1) is 0 Å². The first kappa shape index (κ1) is 22.4. The van der Waals surface area contributed by atoms with Gasteiger partial charge in [-0.1, -0.05) is 36.4 Å². The molecule has 2 N–H and O–H groups in total. The van der Waals surface area contributed by atoms with E-state index in [2.05, 4.69) is 4.72 Å². The van der Waals surface area contributed by atoms with Crippen molar-refractivity contribution in [2.45, 2.75) is 17.9 Å². The second kappa shape index (κ2) is 8.97. The Morgan fingerprint density at radius 3 is 2.09 bits per heavy atom. The number of amides is 2. The number of nitrogens with one attached hydrogen (secondary N) is 1. The van der Waals surface area contributed by atoms with Crippen LogP contribution in [0.4, 0.5) is 0 Å². The molecule has 0 unspecified atom stereocenters. The SMILES string of the molecule is O=C(O)c1cccc(CNS(=O)(=O)c2ccc(CCN3C(=O)c4ccccc4C3=O)cc2)c1. The van der Waals surface area contributed by atoms with Crippen LogP contribution in [0.25, 0.3) is 0 Å². The molecular formula is C24H20N2O6S. The Morgan fingerprint density at radius 1 is 0.848 bits per heavy atom. The van der Waals surface area contributed by atoms with Crippen molar-refractivity contribution < 1.29 is 27.9 Å². The minimum atomic E-state index is -3.81. The molecule has 3 aromatic rings. The molecule has 1 aliphatic rings. The number of carboxylic acids is 1. The van der Waals surface area contributed by atoms with Crippen LogP contribution in [0.15, 0.2) is 77.7 Å². The van der Waals surface area contributed by atoms with E-state index in [-0.39, 0.29) is 35.4 Å². The monoisotopic (exact) mass is 464 g/mol. The summed E-state index contributed by atoms with van der Waals surface area (Å²) in [5.74, 6) is -1.74. The Hall–Kier alpha value is -3.82. The molecule has 3 aromatic carbocycles. The van der Waals surface area contributed by atoms with Crippen LogP contribution in [0.2, 0.25) is 0 Å². The fourth-order valence-corrected chi connectivity index (χ4v) is 4.61. The van der Waals surface area contributed by atoms with Crippen molar-refractivity contribution in [2.24, 2.45) is 0 Å². The van der Waals surface area contributed by atoms with Crippen molar-refractivity contribution in [1.29, 1.82) is 0 Å². The van der Waals surface area contributed by atoms with Crippen molar-refractivity contribution in [3.05, 3.63) is 101 Å². The third-order valence-corrected chi connectivity index (χ3v) is 6.79. The number of imide groups is 1. The number of carbonyl (C=O) groups is 3. The van der Waals surface area contributed by atoms with Gasteiger partial charge in [0.25, 0.3) is 11.8 Å². The molecule has 0 atom stereocenters. The predicted molar refractivity (Wildman–Crippen MR) is 119 cm³/mol. The van der Waals surface area contributed by atoms with Gasteiger partial charge in [-0.05, 0) is 53.9 Å². The second-order valence-corrected chi connectivity index (χ2v) is 9.30. The highest BCUT2D eigenvalue weighted by Crippen LogP contribution is 2.23. The summed E-state index contributed by atoms with van der Waals surface area (Å²) in [6.07, 6.45) is 0.390. The molecule has 0 fully saturated rings. The molecule has 0 aromatic heterocycles. The highest BCUT2D eigenvalue weighted by molar-refractivity contribution is 7.89. The highest BCUT2D eigenvalue weighted by atomic mass is 32.2. The van der Waals surface area contributed by atoms with E-state index in [1.807, 2.05) is 0 Å². The number of hydrogen-bond acceptors (Lipinski definition) is 5. The maximum atomic E-state index is 12.6. The summed E-state index contributed by atoms with van der Waals surface area (Å²) in [4.78, 5) is 37.2. The molecule has 168 valence electrons. The molecule has 4 rings (SSSR count). The first-order valence-electron chi connectivity index (χ1n) is 10.1. The number of aromatic carboxylic acids is 1. The van der Waals surface area contributed by atoms with Gasteiger partial charge in [0.15, 0.2) is 0 Å². The maximum Gasteiger partial charge on any atom is 0.335 e. The maximum absolute atomic E-state index is 12.6. The van der Waals surface area contributed by atoms with Crippen molar-refractivity contribution in [3.8, 4) is 0 Å². The summed E-state index contributed by atoms with van der Waals surface area (Å²) in [7, 11) is -3.81. The molecule has 0 radical (unpaired) electrons. The number of hydrogen-bond donors (Lipinski definition) is 2. The van der Waals surface area contributed by atoms with E-state index in [0.29, 0.717) is 23.1 Å². The summed E-state index contributed by atoms with van der Waals surface area (Å²) in [6, 6.07) is 18.9. The Kier molecular flexibility index (Phi) is 6.08. The van der Waals surface area contributed by atoms with Crippen LogP contribution in [0.1, 0.15) is 42.2 Å². The van der Waals surface area contributed by atoms with Crippen LogP contribution in [-0.2, 0) is 23.0 Å². The van der Waals surface area contributed by atoms with Gasteiger partial charge < -0.3 is 5.11 Å². The molecule has 0 spiro atoms. The van der Waals surface area contributed by atoms with Crippen molar-refractivity contribution in [1.82, 2.24) is 9.62 Å². The highest BCUT2D eigenvalue weighted by Gasteiger charge is 2.34. The summed E-state index contributed by atoms with van der Waals surface area (Å²) in [5, 5.41) is 9.05. The molecule has 9 heteroatoms. The van der Waals surface area contributed by atoms with E-state index in [0.717, 1.165) is 5.56 Å². The number of rotatable bonds is 8. The number of carbonyl (C=O) groups excluding carboxylic acids is 2. The zero-order chi connectivity index (χ0) is 23.6. The van der Waals surface area contributed by atoms with Crippen molar-refractivity contribution >= 4 is 27.8 Å². The summed E-state index contributed by atoms with van der Waals surface area (Å²) in [6.45, 7) is 0.140. The van der Waals surface area contributed by atoms with Gasteiger partial charge in [0, 0.05) is 13.1 Å². The van der Waals surface area contributed by atoms with Crippen molar-refractivity contribution in [3.63, 3.8) is 0 Å². The fourth-order valence-electron chi connectivity index (χ4n) is 3.59. The van der Waals surface area contributed by atoms with E-state index < -0.39 is 16.0 Å². The zero-order valence-corrected chi connectivity index (χ0v) is 18.2. The van der Waals surface area contributed by atoms with Gasteiger partial charge in [-0.15, -0.1) is 0 Å². The summed E-state index contributed by atoms with van der Waals surface area (Å²) in [5.41, 5.74) is 2.16. The molecule has 0 aliphatic carbocycles. The van der Waals surface area contributed by atoms with Gasteiger partial charge >= 0.3 is 5.97 Å². The smallest absolute Gasteiger partial charge is 0.335 e. The van der Waals surface area contributed by atoms with E-state index in [1.165, 1.54) is 29.2 Å². The number of sulfonamides is 1. The van der Waals surface area contributed by atoms with Gasteiger partial charge in [-0.3, -0.25) is 14.5 Å². The standard InChI is InChI=1S/C24H20N2O6S/c27-22-20-6-1-2-7-21(20)23(28)26(22)13-12-16-8-10-19(11-9-16)33(31,32)25-15-17-4-3-5-18(14-17)24(29)30/h1-11,14,25H,12-13,15H2,(H,29,30). The van der Waals surface area contributed by atoms with Gasteiger partial charge in [0.05, 0.1) is 21.6 Å². The van der Waals surface area contributed by atoms with Crippen LogP contribution in [0.3, 0.4) is 0 Å².